The van der Waals surface area contributed by atoms with Crippen LogP contribution in [0.1, 0.15) is 19.8 Å². The quantitative estimate of drug-likeness (QED) is 0.648. The van der Waals surface area contributed by atoms with E-state index < -0.39 is 11.9 Å². The highest BCUT2D eigenvalue weighted by Crippen LogP contribution is 2.25. The van der Waals surface area contributed by atoms with Crippen LogP contribution in [0, 0.1) is 0 Å². The summed E-state index contributed by atoms with van der Waals surface area (Å²) in [5.41, 5.74) is 5.35. The summed E-state index contributed by atoms with van der Waals surface area (Å²) in [6.07, 6.45) is 0.879. The van der Waals surface area contributed by atoms with Crippen molar-refractivity contribution in [2.75, 3.05) is 25.0 Å². The number of nitrogens with one attached hydrogen (secondary N) is 2. The summed E-state index contributed by atoms with van der Waals surface area (Å²) in [6.45, 7) is 3.02. The van der Waals surface area contributed by atoms with Crippen LogP contribution in [-0.4, -0.2) is 42.4 Å². The monoisotopic (exact) mass is 374 g/mol. The van der Waals surface area contributed by atoms with E-state index in [1.807, 2.05) is 12.2 Å². The highest BCUT2D eigenvalue weighted by molar-refractivity contribution is 6.36. The van der Waals surface area contributed by atoms with E-state index in [-0.39, 0.29) is 18.9 Å². The predicted octanol–water partition coefficient (Wildman–Crippen LogP) is 2.23. The number of halogens is 2. The zero-order valence-corrected chi connectivity index (χ0v) is 14.8. The van der Waals surface area contributed by atoms with Gasteiger partial charge in [0.05, 0.1) is 17.3 Å². The Morgan fingerprint density at radius 1 is 1.17 bits per heavy atom. The molecule has 0 heterocycles. The van der Waals surface area contributed by atoms with Gasteiger partial charge in [-0.3, -0.25) is 19.8 Å². The summed E-state index contributed by atoms with van der Waals surface area (Å²) in [7, 11) is 0. The fourth-order valence-corrected chi connectivity index (χ4v) is 2.49. The molecular weight excluding hydrogens is 355 g/mol. The van der Waals surface area contributed by atoms with E-state index >= 15 is 0 Å². The lowest BCUT2D eigenvalue weighted by Gasteiger charge is -2.20. The Hall–Kier alpha value is -1.83. The van der Waals surface area contributed by atoms with Crippen LogP contribution in [0.25, 0.3) is 0 Å². The van der Waals surface area contributed by atoms with E-state index in [1.165, 1.54) is 6.07 Å². The van der Waals surface area contributed by atoms with E-state index in [2.05, 4.69) is 5.32 Å². The molecule has 9 heteroatoms. The summed E-state index contributed by atoms with van der Waals surface area (Å²) in [5, 5.41) is 5.51. The first-order valence-corrected chi connectivity index (χ1v) is 8.14. The van der Waals surface area contributed by atoms with E-state index in [4.69, 9.17) is 28.9 Å². The van der Waals surface area contributed by atoms with Crippen molar-refractivity contribution in [2.24, 2.45) is 5.73 Å². The Kier molecular flexibility index (Phi) is 8.53. The Morgan fingerprint density at radius 2 is 1.88 bits per heavy atom. The fraction of sp³-hybridized carbons (Fsp3) is 0.400. The lowest BCUT2D eigenvalue weighted by atomic mass is 10.3. The number of benzene rings is 1. The first-order valence-electron chi connectivity index (χ1n) is 7.38. The van der Waals surface area contributed by atoms with Gasteiger partial charge in [-0.2, -0.15) is 0 Å². The Balaban J connectivity index is 2.55. The van der Waals surface area contributed by atoms with Gasteiger partial charge in [0.15, 0.2) is 0 Å². The van der Waals surface area contributed by atoms with Gasteiger partial charge in [-0.05, 0) is 31.2 Å². The van der Waals surface area contributed by atoms with Crippen molar-refractivity contribution in [3.05, 3.63) is 28.2 Å². The number of primary amides is 1. The van der Waals surface area contributed by atoms with Crippen LogP contribution < -0.4 is 16.4 Å². The molecule has 132 valence electrons. The summed E-state index contributed by atoms with van der Waals surface area (Å²) in [4.78, 5) is 36.0. The standard InChI is InChI=1S/C15H20Cl2N4O3/c1-2-6-21(7-5-13(22)20-15(18)24)9-14(23)19-12-4-3-10(16)8-11(12)17/h3-4,8H,2,5-7,9H2,1H3,(H,19,23)(H3,18,20,22,24). The predicted molar refractivity (Wildman–Crippen MR) is 94.2 cm³/mol. The number of carbonyl (C=O) groups is 3. The van der Waals surface area contributed by atoms with Crippen molar-refractivity contribution in [3.8, 4) is 0 Å². The highest BCUT2D eigenvalue weighted by Gasteiger charge is 2.14. The van der Waals surface area contributed by atoms with Gasteiger partial charge in [0.1, 0.15) is 0 Å². The lowest BCUT2D eigenvalue weighted by Crippen LogP contribution is -2.39. The zero-order chi connectivity index (χ0) is 18.1. The number of amides is 4. The van der Waals surface area contributed by atoms with Gasteiger partial charge in [-0.1, -0.05) is 30.1 Å². The Labute approximate surface area is 150 Å². The molecule has 1 rings (SSSR count). The van der Waals surface area contributed by atoms with Crippen LogP contribution >= 0.6 is 23.2 Å². The van der Waals surface area contributed by atoms with Gasteiger partial charge in [0.25, 0.3) is 0 Å². The molecule has 1 aromatic carbocycles. The first kappa shape index (κ1) is 20.2. The largest absolute Gasteiger partial charge is 0.351 e. The molecular formula is C15H20Cl2N4O3. The number of carbonyl (C=O) groups excluding carboxylic acids is 3. The molecule has 0 radical (unpaired) electrons. The number of anilines is 1. The Bertz CT molecular complexity index is 610. The highest BCUT2D eigenvalue weighted by atomic mass is 35.5. The summed E-state index contributed by atoms with van der Waals surface area (Å²) in [6, 6.07) is 3.89. The molecule has 0 unspecified atom stereocenters. The van der Waals surface area contributed by atoms with Crippen LogP contribution in [0.4, 0.5) is 10.5 Å². The maximum absolute atomic E-state index is 12.1. The molecule has 0 aromatic heterocycles. The summed E-state index contributed by atoms with van der Waals surface area (Å²) < 4.78 is 0. The maximum atomic E-state index is 12.1. The number of rotatable bonds is 8. The fourth-order valence-electron chi connectivity index (χ4n) is 2.03. The van der Waals surface area contributed by atoms with Crippen molar-refractivity contribution in [2.45, 2.75) is 19.8 Å². The molecule has 0 aliphatic carbocycles. The van der Waals surface area contributed by atoms with Gasteiger partial charge in [-0.15, -0.1) is 0 Å². The molecule has 0 fully saturated rings. The number of hydrogen-bond acceptors (Lipinski definition) is 4. The molecule has 1 aromatic rings. The van der Waals surface area contributed by atoms with Crippen LogP contribution in [0.2, 0.25) is 10.0 Å². The number of urea groups is 1. The van der Waals surface area contributed by atoms with Gasteiger partial charge >= 0.3 is 6.03 Å². The van der Waals surface area contributed by atoms with E-state index in [0.717, 1.165) is 6.42 Å². The second-order valence-corrected chi connectivity index (χ2v) is 5.95. The van der Waals surface area contributed by atoms with Crippen molar-refractivity contribution in [1.82, 2.24) is 10.2 Å². The topological polar surface area (TPSA) is 105 Å². The van der Waals surface area contributed by atoms with Crippen molar-refractivity contribution in [3.63, 3.8) is 0 Å². The molecule has 0 spiro atoms. The van der Waals surface area contributed by atoms with Crippen LogP contribution in [-0.2, 0) is 9.59 Å². The van der Waals surface area contributed by atoms with Crippen LogP contribution in [0.3, 0.4) is 0 Å². The smallest absolute Gasteiger partial charge is 0.318 e. The minimum atomic E-state index is -0.892. The number of nitrogens with zero attached hydrogens (tertiary/aromatic N) is 1. The lowest BCUT2D eigenvalue weighted by molar-refractivity contribution is -0.121. The maximum Gasteiger partial charge on any atom is 0.318 e. The minimum Gasteiger partial charge on any atom is -0.351 e. The second kappa shape index (κ2) is 10.1. The van der Waals surface area contributed by atoms with E-state index in [1.54, 1.807) is 17.0 Å². The van der Waals surface area contributed by atoms with Crippen molar-refractivity contribution >= 4 is 46.7 Å². The van der Waals surface area contributed by atoms with Gasteiger partial charge in [-0.25, -0.2) is 4.79 Å². The Morgan fingerprint density at radius 3 is 2.46 bits per heavy atom. The summed E-state index contributed by atoms with van der Waals surface area (Å²) in [5.74, 6) is -0.743. The average molecular weight is 375 g/mol. The molecule has 0 bridgehead atoms. The molecule has 0 aliphatic heterocycles. The molecule has 7 nitrogen and oxygen atoms in total. The molecule has 4 N–H and O–H groups in total. The third-order valence-corrected chi connectivity index (χ3v) is 3.58. The van der Waals surface area contributed by atoms with E-state index in [0.29, 0.717) is 28.8 Å². The SMILES string of the molecule is CCCN(CCC(=O)NC(N)=O)CC(=O)Nc1ccc(Cl)cc1Cl. The van der Waals surface area contributed by atoms with E-state index in [9.17, 15) is 14.4 Å². The second-order valence-electron chi connectivity index (χ2n) is 5.11. The van der Waals surface area contributed by atoms with Gasteiger partial charge in [0, 0.05) is 18.0 Å². The number of hydrogen-bond donors (Lipinski definition) is 3. The molecule has 24 heavy (non-hydrogen) atoms. The minimum absolute atomic E-state index is 0.0674. The molecule has 0 aliphatic rings. The van der Waals surface area contributed by atoms with Gasteiger partial charge in [0.2, 0.25) is 11.8 Å². The first-order chi connectivity index (χ1) is 11.3. The molecule has 0 saturated heterocycles. The van der Waals surface area contributed by atoms with Gasteiger partial charge < -0.3 is 11.1 Å². The van der Waals surface area contributed by atoms with Crippen LogP contribution in [0.5, 0.6) is 0 Å². The summed E-state index contributed by atoms with van der Waals surface area (Å²) >= 11 is 11.8. The molecule has 0 atom stereocenters. The molecule has 0 saturated carbocycles. The van der Waals surface area contributed by atoms with Crippen LogP contribution in [0.15, 0.2) is 18.2 Å². The number of nitrogens with two attached hydrogens (primary N) is 1. The average Bonchev–Trinajstić information content (AvgIpc) is 2.47. The van der Waals surface area contributed by atoms with Crippen molar-refractivity contribution < 1.29 is 14.4 Å². The van der Waals surface area contributed by atoms with Crippen molar-refractivity contribution in [1.29, 1.82) is 0 Å². The number of imide groups is 1. The third kappa shape index (κ3) is 7.63. The zero-order valence-electron chi connectivity index (χ0n) is 13.3. The third-order valence-electron chi connectivity index (χ3n) is 3.03. The molecule has 4 amide bonds. The normalized spacial score (nSPS) is 10.5.